The van der Waals surface area contributed by atoms with Gasteiger partial charge < -0.3 is 5.32 Å². The van der Waals surface area contributed by atoms with Gasteiger partial charge in [0.05, 0.1) is 27.3 Å². The summed E-state index contributed by atoms with van der Waals surface area (Å²) >= 11 is 1.61. The van der Waals surface area contributed by atoms with Crippen molar-refractivity contribution in [1.82, 2.24) is 24.9 Å². The van der Waals surface area contributed by atoms with E-state index >= 15 is 0 Å². The van der Waals surface area contributed by atoms with Gasteiger partial charge in [-0.3, -0.25) is 0 Å². The standard InChI is InChI=1S/C21H22FN5S.ClH/c1-12-8-16(26-27-11-13(2)24-19(12)27)14-9-15(22)18-17(10-14)28-20(25-18)21(3)4-6-23-7-5-21;/h8-11,23H,4-7H2,1-3H3;1H. The number of halogens is 2. The molecule has 0 spiro atoms. The molecule has 1 fully saturated rings. The fourth-order valence-corrected chi connectivity index (χ4v) is 5.19. The monoisotopic (exact) mass is 431 g/mol. The molecule has 5 rings (SSSR count). The van der Waals surface area contributed by atoms with Crippen LogP contribution in [0.4, 0.5) is 4.39 Å². The molecule has 0 unspecified atom stereocenters. The highest BCUT2D eigenvalue weighted by molar-refractivity contribution is 7.18. The second kappa shape index (κ2) is 7.31. The van der Waals surface area contributed by atoms with Gasteiger partial charge in [-0.15, -0.1) is 23.7 Å². The summed E-state index contributed by atoms with van der Waals surface area (Å²) in [6.07, 6.45) is 3.95. The average Bonchev–Trinajstić information content (AvgIpc) is 3.26. The van der Waals surface area contributed by atoms with Crippen molar-refractivity contribution in [2.45, 2.75) is 39.0 Å². The van der Waals surface area contributed by atoms with E-state index in [4.69, 9.17) is 4.98 Å². The number of thiazole rings is 1. The van der Waals surface area contributed by atoms with E-state index in [1.54, 1.807) is 21.9 Å². The van der Waals surface area contributed by atoms with Crippen LogP contribution in [0.25, 0.3) is 27.1 Å². The maximum absolute atomic E-state index is 14.9. The SMILES string of the molecule is Cc1cn2nc(-c3cc(F)c4nc(C5(C)CCNCC5)sc4c3)cc(C)c2n1.Cl. The Morgan fingerprint density at radius 2 is 1.90 bits per heavy atom. The maximum atomic E-state index is 14.9. The topological polar surface area (TPSA) is 55.1 Å². The molecule has 0 radical (unpaired) electrons. The number of hydrogen-bond donors (Lipinski definition) is 1. The molecule has 1 aliphatic heterocycles. The first kappa shape index (κ1) is 20.2. The molecule has 0 amide bonds. The minimum Gasteiger partial charge on any atom is -0.317 e. The van der Waals surface area contributed by atoms with Crippen molar-refractivity contribution in [2.24, 2.45) is 0 Å². The largest absolute Gasteiger partial charge is 0.317 e. The number of nitrogens with one attached hydrogen (secondary N) is 1. The molecule has 5 nitrogen and oxygen atoms in total. The van der Waals surface area contributed by atoms with Gasteiger partial charge in [0.1, 0.15) is 5.52 Å². The zero-order valence-corrected chi connectivity index (χ0v) is 18.3. The number of nitrogens with zero attached hydrogens (tertiary/aromatic N) is 4. The summed E-state index contributed by atoms with van der Waals surface area (Å²) in [7, 11) is 0. The average molecular weight is 432 g/mol. The predicted octanol–water partition coefficient (Wildman–Crippen LogP) is 4.82. The lowest BCUT2D eigenvalue weighted by atomic mass is 9.82. The molecule has 8 heteroatoms. The summed E-state index contributed by atoms with van der Waals surface area (Å²) in [5.41, 5.74) is 4.77. The Morgan fingerprint density at radius 1 is 1.14 bits per heavy atom. The van der Waals surface area contributed by atoms with Crippen LogP contribution in [0, 0.1) is 19.7 Å². The van der Waals surface area contributed by atoms with E-state index in [2.05, 4.69) is 22.3 Å². The molecule has 0 atom stereocenters. The predicted molar refractivity (Wildman–Crippen MR) is 118 cm³/mol. The number of imidazole rings is 1. The molecule has 1 N–H and O–H groups in total. The molecule has 0 saturated carbocycles. The van der Waals surface area contributed by atoms with Crippen molar-refractivity contribution in [3.8, 4) is 11.3 Å². The molecule has 1 aliphatic rings. The van der Waals surface area contributed by atoms with Crippen LogP contribution in [-0.4, -0.2) is 32.7 Å². The van der Waals surface area contributed by atoms with Gasteiger partial charge in [-0.25, -0.2) is 18.9 Å². The maximum Gasteiger partial charge on any atom is 0.156 e. The van der Waals surface area contributed by atoms with Crippen LogP contribution in [0.2, 0.25) is 0 Å². The molecule has 3 aromatic heterocycles. The third-order valence-electron chi connectivity index (χ3n) is 5.70. The second-order valence-electron chi connectivity index (χ2n) is 8.00. The molecule has 1 aromatic carbocycles. The van der Waals surface area contributed by atoms with Crippen molar-refractivity contribution < 1.29 is 4.39 Å². The third-order valence-corrected chi connectivity index (χ3v) is 7.01. The zero-order valence-electron chi connectivity index (χ0n) is 16.6. The highest BCUT2D eigenvalue weighted by Gasteiger charge is 2.32. The van der Waals surface area contributed by atoms with Gasteiger partial charge in [0.25, 0.3) is 0 Å². The van der Waals surface area contributed by atoms with Gasteiger partial charge in [0.2, 0.25) is 0 Å². The summed E-state index contributed by atoms with van der Waals surface area (Å²) in [5, 5.41) is 9.08. The van der Waals surface area contributed by atoms with E-state index in [-0.39, 0.29) is 23.6 Å². The lowest BCUT2D eigenvalue weighted by Gasteiger charge is -2.31. The van der Waals surface area contributed by atoms with E-state index in [1.807, 2.05) is 32.2 Å². The highest BCUT2D eigenvalue weighted by Crippen LogP contribution is 2.39. The fraction of sp³-hybridized carbons (Fsp3) is 0.381. The second-order valence-corrected chi connectivity index (χ2v) is 9.03. The molecule has 0 aliphatic carbocycles. The molecule has 4 heterocycles. The van der Waals surface area contributed by atoms with Crippen LogP contribution >= 0.6 is 23.7 Å². The molecule has 152 valence electrons. The van der Waals surface area contributed by atoms with Crippen molar-refractivity contribution in [2.75, 3.05) is 13.1 Å². The number of hydrogen-bond acceptors (Lipinski definition) is 5. The van der Waals surface area contributed by atoms with Crippen LogP contribution in [0.15, 0.2) is 24.4 Å². The number of rotatable bonds is 2. The summed E-state index contributed by atoms with van der Waals surface area (Å²) in [6.45, 7) is 8.15. The highest BCUT2D eigenvalue weighted by atomic mass is 35.5. The molecule has 29 heavy (non-hydrogen) atoms. The van der Waals surface area contributed by atoms with Crippen molar-refractivity contribution in [1.29, 1.82) is 0 Å². The van der Waals surface area contributed by atoms with Gasteiger partial charge in [-0.1, -0.05) is 6.92 Å². The van der Waals surface area contributed by atoms with E-state index in [0.717, 1.165) is 63.8 Å². The Bertz CT molecular complexity index is 1210. The van der Waals surface area contributed by atoms with Gasteiger partial charge in [-0.05, 0) is 63.5 Å². The fourth-order valence-electron chi connectivity index (χ4n) is 3.97. The Labute approximate surface area is 178 Å². The number of piperidine rings is 1. The van der Waals surface area contributed by atoms with E-state index < -0.39 is 0 Å². The molecular formula is C21H23ClFN5S. The lowest BCUT2D eigenvalue weighted by Crippen LogP contribution is -2.37. The van der Waals surface area contributed by atoms with Crippen LogP contribution in [0.5, 0.6) is 0 Å². The number of benzene rings is 1. The lowest BCUT2D eigenvalue weighted by molar-refractivity contribution is 0.334. The van der Waals surface area contributed by atoms with Crippen molar-refractivity contribution >= 4 is 39.6 Å². The molecular weight excluding hydrogens is 409 g/mol. The summed E-state index contributed by atoms with van der Waals surface area (Å²) in [4.78, 5) is 9.18. The van der Waals surface area contributed by atoms with Gasteiger partial charge in [-0.2, -0.15) is 5.10 Å². The van der Waals surface area contributed by atoms with Gasteiger partial charge >= 0.3 is 0 Å². The first-order valence-electron chi connectivity index (χ1n) is 9.58. The normalized spacial score (nSPS) is 16.3. The Morgan fingerprint density at radius 3 is 2.66 bits per heavy atom. The van der Waals surface area contributed by atoms with E-state index in [0.29, 0.717) is 5.52 Å². The minimum absolute atomic E-state index is 0. The van der Waals surface area contributed by atoms with Crippen molar-refractivity contribution in [3.05, 3.63) is 46.5 Å². The summed E-state index contributed by atoms with van der Waals surface area (Å²) < 4.78 is 17.6. The number of aromatic nitrogens is 4. The van der Waals surface area contributed by atoms with Gasteiger partial charge in [0, 0.05) is 11.0 Å². The Kier molecular flexibility index (Phi) is 5.09. The Balaban J connectivity index is 0.00000205. The minimum atomic E-state index is -0.283. The smallest absolute Gasteiger partial charge is 0.156 e. The summed E-state index contributed by atoms with van der Waals surface area (Å²) in [6, 6.07) is 5.54. The van der Waals surface area contributed by atoms with Crippen LogP contribution in [0.1, 0.15) is 36.0 Å². The van der Waals surface area contributed by atoms with Crippen molar-refractivity contribution in [3.63, 3.8) is 0 Å². The third kappa shape index (κ3) is 3.41. The Hall–Kier alpha value is -2.09. The number of fused-ring (bicyclic) bond motifs is 2. The van der Waals surface area contributed by atoms with Crippen LogP contribution < -0.4 is 5.32 Å². The molecule has 4 aromatic rings. The van der Waals surface area contributed by atoms with Gasteiger partial charge in [0.15, 0.2) is 11.5 Å². The van der Waals surface area contributed by atoms with E-state index in [9.17, 15) is 4.39 Å². The quantitative estimate of drug-likeness (QED) is 0.494. The number of aryl methyl sites for hydroxylation is 2. The van der Waals surface area contributed by atoms with E-state index in [1.165, 1.54) is 0 Å². The molecule has 1 saturated heterocycles. The molecule has 0 bridgehead atoms. The first-order valence-corrected chi connectivity index (χ1v) is 10.4. The van der Waals surface area contributed by atoms with Crippen LogP contribution in [-0.2, 0) is 5.41 Å². The van der Waals surface area contributed by atoms with Crippen LogP contribution in [0.3, 0.4) is 0 Å². The summed E-state index contributed by atoms with van der Waals surface area (Å²) in [5.74, 6) is -0.283. The zero-order chi connectivity index (χ0) is 19.5. The first-order chi connectivity index (χ1) is 13.4.